The summed E-state index contributed by atoms with van der Waals surface area (Å²) in [6.07, 6.45) is 13.6. The summed E-state index contributed by atoms with van der Waals surface area (Å²) >= 11 is 0. The summed E-state index contributed by atoms with van der Waals surface area (Å²) in [4.78, 5) is 4.73. The summed E-state index contributed by atoms with van der Waals surface area (Å²) in [5, 5.41) is 9.36. The van der Waals surface area contributed by atoms with E-state index in [4.69, 9.17) is 14.4 Å². The summed E-state index contributed by atoms with van der Waals surface area (Å²) in [5.74, 6) is -0.667. The van der Waals surface area contributed by atoms with Gasteiger partial charge in [0.1, 0.15) is 12.2 Å². The standard InChI is InChI=1S/C19H26F2O.C18H24F2O3.2H2/c1-12-3-5-14(6-4-12)7-9-16-10-8-15-11-13(2)17(20)18(21)19(15)22-16;1-10-3-5-12(6-4-10)17(23-21)14-8-7-13-9-11(2)15(19)16(20)18(13)22-14;;/h11-12,14,16H,3-10H2,1-2H3;9-10,12,14,17,21H,3-8H2,1-2H3;2*1H. The van der Waals surface area contributed by atoms with Crippen LogP contribution >= 0.6 is 0 Å². The molecule has 6 rings (SSSR count). The minimum Gasteiger partial charge on any atom is -0.487 e. The number of aryl methyl sites for hydroxylation is 4. The maximum Gasteiger partial charge on any atom is 0.201 e. The predicted octanol–water partition coefficient (Wildman–Crippen LogP) is 10.7. The van der Waals surface area contributed by atoms with Gasteiger partial charge in [-0.25, -0.2) is 13.7 Å². The van der Waals surface area contributed by atoms with Crippen LogP contribution in [0.25, 0.3) is 0 Å². The van der Waals surface area contributed by atoms with E-state index in [1.54, 1.807) is 26.0 Å². The van der Waals surface area contributed by atoms with E-state index < -0.39 is 35.5 Å². The van der Waals surface area contributed by atoms with Crippen molar-refractivity contribution in [1.82, 2.24) is 0 Å². The maximum atomic E-state index is 14.2. The summed E-state index contributed by atoms with van der Waals surface area (Å²) in [6, 6.07) is 3.37. The normalized spacial score (nSPS) is 28.5. The molecule has 2 saturated carbocycles. The Morgan fingerprint density at radius 1 is 0.711 bits per heavy atom. The molecule has 45 heavy (non-hydrogen) atoms. The smallest absolute Gasteiger partial charge is 0.201 e. The Hall–Kier alpha value is -2.32. The molecular weight excluding hydrogens is 584 g/mol. The van der Waals surface area contributed by atoms with Crippen LogP contribution in [0.3, 0.4) is 0 Å². The van der Waals surface area contributed by atoms with Crippen molar-refractivity contribution in [1.29, 1.82) is 0 Å². The van der Waals surface area contributed by atoms with Crippen molar-refractivity contribution in [2.75, 3.05) is 0 Å². The molecular formula is C37H54F4O4. The van der Waals surface area contributed by atoms with Gasteiger partial charge in [0.15, 0.2) is 23.1 Å². The van der Waals surface area contributed by atoms with Crippen LogP contribution < -0.4 is 9.47 Å². The highest BCUT2D eigenvalue weighted by Crippen LogP contribution is 2.40. The molecule has 3 atom stereocenters. The van der Waals surface area contributed by atoms with Crippen molar-refractivity contribution in [3.63, 3.8) is 0 Å². The van der Waals surface area contributed by atoms with Crippen molar-refractivity contribution >= 4 is 0 Å². The molecule has 4 nitrogen and oxygen atoms in total. The topological polar surface area (TPSA) is 47.9 Å². The van der Waals surface area contributed by atoms with E-state index in [2.05, 4.69) is 13.8 Å². The zero-order chi connectivity index (χ0) is 32.2. The SMILES string of the molecule is Cc1cc2c(c(F)c1F)OC(C(OO)C1CCC(C)CC1)CC2.Cc1cc2c(c(F)c1F)OC(CCC1CCC(C)CC1)CC2.[HH].[HH]. The molecule has 8 heteroatoms. The second-order valence-corrected chi connectivity index (χ2v) is 14.4. The molecule has 0 saturated heterocycles. The van der Waals surface area contributed by atoms with Gasteiger partial charge in [0, 0.05) is 2.85 Å². The third-order valence-electron chi connectivity index (χ3n) is 10.9. The Morgan fingerprint density at radius 3 is 1.78 bits per heavy atom. The summed E-state index contributed by atoms with van der Waals surface area (Å²) < 4.78 is 67.3. The number of benzene rings is 2. The number of fused-ring (bicyclic) bond motifs is 2. The number of hydrogen-bond donors (Lipinski definition) is 1. The van der Waals surface area contributed by atoms with Gasteiger partial charge in [-0.1, -0.05) is 52.4 Å². The number of rotatable bonds is 6. The lowest BCUT2D eigenvalue weighted by molar-refractivity contribution is -0.309. The van der Waals surface area contributed by atoms with Crippen molar-refractivity contribution in [3.8, 4) is 11.5 Å². The molecule has 2 fully saturated rings. The van der Waals surface area contributed by atoms with Gasteiger partial charge >= 0.3 is 0 Å². The molecule has 0 spiro atoms. The second kappa shape index (κ2) is 15.1. The van der Waals surface area contributed by atoms with Crippen molar-refractivity contribution in [2.45, 2.75) is 136 Å². The lowest BCUT2D eigenvalue weighted by Gasteiger charge is -2.37. The third kappa shape index (κ3) is 7.98. The van der Waals surface area contributed by atoms with Gasteiger partial charge < -0.3 is 9.47 Å². The van der Waals surface area contributed by atoms with Crippen LogP contribution in [0.2, 0.25) is 0 Å². The Bertz CT molecular complexity index is 1310. The fraction of sp³-hybridized carbons (Fsp3) is 0.676. The van der Waals surface area contributed by atoms with Crippen LogP contribution in [0.1, 0.15) is 116 Å². The van der Waals surface area contributed by atoms with Crippen molar-refractivity contribution in [3.05, 3.63) is 57.7 Å². The van der Waals surface area contributed by atoms with Gasteiger partial charge in [0.25, 0.3) is 0 Å². The third-order valence-corrected chi connectivity index (χ3v) is 10.9. The van der Waals surface area contributed by atoms with Gasteiger partial charge in [-0.15, -0.1) is 0 Å². The van der Waals surface area contributed by atoms with Crippen molar-refractivity contribution in [2.24, 2.45) is 23.7 Å². The van der Waals surface area contributed by atoms with Crippen LogP contribution in [-0.4, -0.2) is 23.6 Å². The van der Waals surface area contributed by atoms with Gasteiger partial charge in [0.2, 0.25) is 11.6 Å². The van der Waals surface area contributed by atoms with Gasteiger partial charge in [-0.05, 0) is 123 Å². The van der Waals surface area contributed by atoms with Crippen LogP contribution in [0, 0.1) is 60.8 Å². The molecule has 0 amide bonds. The molecule has 2 aliphatic carbocycles. The first kappa shape index (κ1) is 34.0. The van der Waals surface area contributed by atoms with Crippen LogP contribution in [0.15, 0.2) is 12.1 Å². The summed E-state index contributed by atoms with van der Waals surface area (Å²) in [6.45, 7) is 7.71. The maximum absolute atomic E-state index is 14.2. The average Bonchev–Trinajstić information content (AvgIpc) is 3.04. The fourth-order valence-corrected chi connectivity index (χ4v) is 7.83. The molecule has 0 bridgehead atoms. The molecule has 2 aromatic carbocycles. The Kier molecular flexibility index (Phi) is 11.4. The Labute approximate surface area is 268 Å². The Balaban J connectivity index is 0.000000245. The monoisotopic (exact) mass is 638 g/mol. The van der Waals surface area contributed by atoms with Crippen molar-refractivity contribution < 1.29 is 40.0 Å². The van der Waals surface area contributed by atoms with Gasteiger partial charge in [-0.3, -0.25) is 5.26 Å². The highest BCUT2D eigenvalue weighted by atomic mass is 19.2. The molecule has 254 valence electrons. The van der Waals surface area contributed by atoms with Gasteiger partial charge in [0.05, 0.1) is 6.10 Å². The van der Waals surface area contributed by atoms with Crippen LogP contribution in [0.5, 0.6) is 11.5 Å². The predicted molar refractivity (Wildman–Crippen MR) is 171 cm³/mol. The van der Waals surface area contributed by atoms with E-state index in [1.165, 1.54) is 25.7 Å². The van der Waals surface area contributed by atoms with Gasteiger partial charge in [-0.2, -0.15) is 8.78 Å². The van der Waals surface area contributed by atoms with E-state index in [0.29, 0.717) is 35.4 Å². The minimum atomic E-state index is -0.932. The van der Waals surface area contributed by atoms with E-state index in [0.717, 1.165) is 68.8 Å². The lowest BCUT2D eigenvalue weighted by Crippen LogP contribution is -2.42. The first-order chi connectivity index (χ1) is 21.5. The quantitative estimate of drug-likeness (QED) is 0.194. The molecule has 2 aliphatic heterocycles. The molecule has 1 N–H and O–H groups in total. The number of hydrogen-bond acceptors (Lipinski definition) is 4. The van der Waals surface area contributed by atoms with E-state index in [1.807, 2.05) is 0 Å². The first-order valence-electron chi connectivity index (χ1n) is 17.1. The highest BCUT2D eigenvalue weighted by Gasteiger charge is 2.38. The minimum absolute atomic E-state index is 0. The Morgan fingerprint density at radius 2 is 1.22 bits per heavy atom. The van der Waals surface area contributed by atoms with E-state index in [-0.39, 0.29) is 26.4 Å². The lowest BCUT2D eigenvalue weighted by atomic mass is 9.78. The highest BCUT2D eigenvalue weighted by molar-refractivity contribution is 5.42. The zero-order valence-electron chi connectivity index (χ0n) is 27.3. The molecule has 0 aromatic heterocycles. The second-order valence-electron chi connectivity index (χ2n) is 14.4. The molecule has 2 aromatic rings. The fourth-order valence-electron chi connectivity index (χ4n) is 7.83. The molecule has 0 radical (unpaired) electrons. The molecule has 3 unspecified atom stereocenters. The first-order valence-corrected chi connectivity index (χ1v) is 17.1. The molecule has 2 heterocycles. The summed E-state index contributed by atoms with van der Waals surface area (Å²) in [7, 11) is 0. The van der Waals surface area contributed by atoms with E-state index >= 15 is 0 Å². The van der Waals surface area contributed by atoms with Crippen LogP contribution in [-0.2, 0) is 17.7 Å². The average molecular weight is 639 g/mol. The van der Waals surface area contributed by atoms with Crippen LogP contribution in [0.4, 0.5) is 17.6 Å². The summed E-state index contributed by atoms with van der Waals surface area (Å²) in [5.41, 5.74) is 2.17. The molecule has 4 aliphatic rings. The number of ether oxygens (including phenoxy) is 2. The number of halogens is 4. The zero-order valence-corrected chi connectivity index (χ0v) is 27.3. The largest absolute Gasteiger partial charge is 0.487 e. The van der Waals surface area contributed by atoms with E-state index in [9.17, 15) is 22.8 Å².